The van der Waals surface area contributed by atoms with Crippen LogP contribution < -0.4 is 15.8 Å². The van der Waals surface area contributed by atoms with Gasteiger partial charge in [-0.1, -0.05) is 5.92 Å². The lowest BCUT2D eigenvalue weighted by atomic mass is 9.53. The monoisotopic (exact) mass is 477 g/mol. The van der Waals surface area contributed by atoms with E-state index < -0.39 is 48.3 Å². The molecule has 34 heavy (non-hydrogen) atoms. The summed E-state index contributed by atoms with van der Waals surface area (Å²) in [6.07, 6.45) is 0.898. The number of aliphatic imine (C=N–C) groups is 1. The Morgan fingerprint density at radius 3 is 2.68 bits per heavy atom. The number of carbonyl (C=O) groups is 1. The second-order valence-corrected chi connectivity index (χ2v) is 7.96. The molecular formula is C22H19F4N5O3. The molecule has 1 aromatic carbocycles. The van der Waals surface area contributed by atoms with E-state index in [0.717, 1.165) is 18.5 Å². The summed E-state index contributed by atoms with van der Waals surface area (Å²) in [5.74, 6) is 0.893. The Balaban J connectivity index is 1.71. The van der Waals surface area contributed by atoms with E-state index in [4.69, 9.17) is 10.5 Å². The van der Waals surface area contributed by atoms with Crippen molar-refractivity contribution in [2.45, 2.75) is 31.2 Å². The zero-order valence-electron chi connectivity index (χ0n) is 17.9. The summed E-state index contributed by atoms with van der Waals surface area (Å²) in [6, 6.07) is 3.32. The van der Waals surface area contributed by atoms with Crippen LogP contribution in [0.4, 0.5) is 23.2 Å². The average molecular weight is 477 g/mol. The predicted molar refractivity (Wildman–Crippen MR) is 112 cm³/mol. The number of ether oxygens (including phenoxy) is 2. The first-order chi connectivity index (χ1) is 16.1. The third kappa shape index (κ3) is 3.98. The predicted octanol–water partition coefficient (Wildman–Crippen LogP) is 3.15. The van der Waals surface area contributed by atoms with Crippen molar-refractivity contribution in [2.75, 3.05) is 18.8 Å². The Bertz CT molecular complexity index is 1200. The normalized spacial score (nSPS) is 21.9. The van der Waals surface area contributed by atoms with Crippen molar-refractivity contribution in [1.29, 1.82) is 0 Å². The van der Waals surface area contributed by atoms with Crippen LogP contribution in [0, 0.1) is 23.1 Å². The SMILES string of the molecule is CC#C[C@]1(c2cc(NC(=O)c3cnc(OCF)cn3)ccc2F)N=C(N)OCC12CC(F)(F)C2. The van der Waals surface area contributed by atoms with Gasteiger partial charge in [-0.15, -0.1) is 5.92 Å². The lowest BCUT2D eigenvalue weighted by molar-refractivity contribution is -0.200. The fourth-order valence-corrected chi connectivity index (χ4v) is 4.32. The zero-order valence-corrected chi connectivity index (χ0v) is 17.9. The van der Waals surface area contributed by atoms with Crippen molar-refractivity contribution in [3.05, 3.63) is 47.7 Å². The van der Waals surface area contributed by atoms with Gasteiger partial charge in [0, 0.05) is 24.1 Å². The Hall–Kier alpha value is -3.88. The van der Waals surface area contributed by atoms with Crippen LogP contribution in [0.1, 0.15) is 35.8 Å². The lowest BCUT2D eigenvalue weighted by Gasteiger charge is -2.56. The molecule has 1 saturated carbocycles. The van der Waals surface area contributed by atoms with Crippen LogP contribution in [0.3, 0.4) is 0 Å². The van der Waals surface area contributed by atoms with Crippen molar-refractivity contribution in [2.24, 2.45) is 16.1 Å². The molecule has 1 atom stereocenters. The van der Waals surface area contributed by atoms with Gasteiger partial charge in [0.2, 0.25) is 18.7 Å². The number of rotatable bonds is 5. The van der Waals surface area contributed by atoms with Crippen LogP contribution in [0.15, 0.2) is 35.6 Å². The highest BCUT2D eigenvalue weighted by atomic mass is 19.3. The van der Waals surface area contributed by atoms with Crippen molar-refractivity contribution in [3.63, 3.8) is 0 Å². The second-order valence-electron chi connectivity index (χ2n) is 7.96. The van der Waals surface area contributed by atoms with Gasteiger partial charge in [0.05, 0.1) is 17.8 Å². The van der Waals surface area contributed by atoms with Crippen molar-refractivity contribution in [3.8, 4) is 17.7 Å². The molecule has 12 heteroatoms. The topological polar surface area (TPSA) is 112 Å². The van der Waals surface area contributed by atoms with Crippen LogP contribution in [0.2, 0.25) is 0 Å². The lowest BCUT2D eigenvalue weighted by Crippen LogP contribution is -2.62. The number of carbonyl (C=O) groups excluding carboxylic acids is 1. The van der Waals surface area contributed by atoms with Gasteiger partial charge in [0.1, 0.15) is 18.1 Å². The molecule has 2 aliphatic rings. The first kappa shape index (κ1) is 23.3. The largest absolute Gasteiger partial charge is 0.465 e. The highest BCUT2D eigenvalue weighted by molar-refractivity contribution is 6.02. The molecule has 0 saturated heterocycles. The average Bonchev–Trinajstić information content (AvgIpc) is 2.77. The number of nitrogens with two attached hydrogens (primary N) is 1. The van der Waals surface area contributed by atoms with Gasteiger partial charge in [-0.3, -0.25) is 4.79 Å². The van der Waals surface area contributed by atoms with E-state index >= 15 is 4.39 Å². The van der Waals surface area contributed by atoms with Crippen LogP contribution in [-0.2, 0) is 10.3 Å². The maximum absolute atomic E-state index is 15.1. The molecule has 8 nitrogen and oxygen atoms in total. The summed E-state index contributed by atoms with van der Waals surface area (Å²) in [5.41, 5.74) is 2.57. The highest BCUT2D eigenvalue weighted by Crippen LogP contribution is 2.63. The molecule has 3 N–H and O–H groups in total. The summed E-state index contributed by atoms with van der Waals surface area (Å²) < 4.78 is 65.1. The van der Waals surface area contributed by atoms with Crippen LogP contribution >= 0.6 is 0 Å². The van der Waals surface area contributed by atoms with Gasteiger partial charge in [-0.05, 0) is 25.1 Å². The van der Waals surface area contributed by atoms with E-state index in [-0.39, 0.29) is 35.5 Å². The summed E-state index contributed by atoms with van der Waals surface area (Å²) in [6.45, 7) is 0.157. The van der Waals surface area contributed by atoms with Gasteiger partial charge in [0.25, 0.3) is 11.9 Å². The van der Waals surface area contributed by atoms with E-state index in [1.807, 2.05) is 0 Å². The van der Waals surface area contributed by atoms with Gasteiger partial charge in [-0.25, -0.2) is 32.5 Å². The van der Waals surface area contributed by atoms with Crippen molar-refractivity contribution in [1.82, 2.24) is 9.97 Å². The number of hydrogen-bond donors (Lipinski definition) is 2. The van der Waals surface area contributed by atoms with Crippen LogP contribution in [0.25, 0.3) is 0 Å². The standard InChI is InChI=1S/C22H19F4N5O3/c1-2-5-22(20(9-21(25,26)10-20)11-33-19(27)31-22)14-6-13(3-4-15(14)24)30-18(32)16-7-29-17(8-28-16)34-12-23/h3-4,6-8H,9-12H2,1H3,(H2,27,31)(H,30,32)/t22-/m1/s1. The van der Waals surface area contributed by atoms with E-state index in [0.29, 0.717) is 0 Å². The highest BCUT2D eigenvalue weighted by Gasteiger charge is 2.69. The van der Waals surface area contributed by atoms with Gasteiger partial charge >= 0.3 is 0 Å². The molecule has 1 aliphatic carbocycles. The molecule has 1 aliphatic heterocycles. The summed E-state index contributed by atoms with van der Waals surface area (Å²) in [5, 5.41) is 2.54. The van der Waals surface area contributed by atoms with E-state index in [1.54, 1.807) is 0 Å². The smallest absolute Gasteiger partial charge is 0.283 e. The fraction of sp³-hybridized carbons (Fsp3) is 0.364. The Morgan fingerprint density at radius 2 is 2.06 bits per heavy atom. The molecule has 1 fully saturated rings. The van der Waals surface area contributed by atoms with E-state index in [2.05, 4.69) is 36.9 Å². The van der Waals surface area contributed by atoms with Gasteiger partial charge < -0.3 is 20.5 Å². The van der Waals surface area contributed by atoms with Crippen LogP contribution in [-0.4, -0.2) is 41.3 Å². The number of amidine groups is 1. The zero-order chi connectivity index (χ0) is 24.6. The maximum atomic E-state index is 15.1. The maximum Gasteiger partial charge on any atom is 0.283 e. The molecule has 1 amide bonds. The number of amides is 1. The molecule has 0 radical (unpaired) electrons. The number of aromatic nitrogens is 2. The number of benzene rings is 1. The third-order valence-electron chi connectivity index (χ3n) is 5.72. The summed E-state index contributed by atoms with van der Waals surface area (Å²) >= 11 is 0. The number of nitrogens with zero attached hydrogens (tertiary/aromatic N) is 3. The van der Waals surface area contributed by atoms with Crippen molar-refractivity contribution < 1.29 is 31.8 Å². The first-order valence-electron chi connectivity index (χ1n) is 10.1. The molecular weight excluding hydrogens is 458 g/mol. The molecule has 4 rings (SSSR count). The first-order valence-corrected chi connectivity index (χ1v) is 10.1. The quantitative estimate of drug-likeness (QED) is 0.506. The third-order valence-corrected chi connectivity index (χ3v) is 5.72. The van der Waals surface area contributed by atoms with Crippen LogP contribution in [0.5, 0.6) is 5.88 Å². The molecule has 0 unspecified atom stereocenters. The fourth-order valence-electron chi connectivity index (χ4n) is 4.32. The molecule has 1 aromatic heterocycles. The molecule has 2 heterocycles. The summed E-state index contributed by atoms with van der Waals surface area (Å²) in [4.78, 5) is 24.4. The minimum Gasteiger partial charge on any atom is -0.465 e. The number of alkyl halides is 3. The number of nitrogens with one attached hydrogen (secondary N) is 1. The Labute approximate surface area is 191 Å². The Morgan fingerprint density at radius 1 is 1.29 bits per heavy atom. The molecule has 1 spiro atoms. The molecule has 2 aromatic rings. The van der Waals surface area contributed by atoms with E-state index in [9.17, 15) is 18.0 Å². The van der Waals surface area contributed by atoms with Crippen molar-refractivity contribution >= 4 is 17.6 Å². The van der Waals surface area contributed by atoms with E-state index in [1.165, 1.54) is 19.1 Å². The van der Waals surface area contributed by atoms with Gasteiger partial charge in [-0.2, -0.15) is 0 Å². The Kier molecular flexibility index (Phi) is 5.80. The van der Waals surface area contributed by atoms with Gasteiger partial charge in [0.15, 0.2) is 5.54 Å². The molecule has 0 bridgehead atoms. The second kappa shape index (κ2) is 8.48. The number of halogens is 4. The number of hydrogen-bond acceptors (Lipinski definition) is 7. The minimum atomic E-state index is -2.98. The summed E-state index contributed by atoms with van der Waals surface area (Å²) in [7, 11) is 0. The minimum absolute atomic E-state index is 0.110. The number of anilines is 1. The molecule has 178 valence electrons.